The first-order valence-corrected chi connectivity index (χ1v) is 5.43. The summed E-state index contributed by atoms with van der Waals surface area (Å²) in [5.74, 6) is 0.0394. The summed E-state index contributed by atoms with van der Waals surface area (Å²) in [5, 5.41) is 8.81. The lowest BCUT2D eigenvalue weighted by Crippen LogP contribution is -2.16. The fourth-order valence-electron chi connectivity index (χ4n) is 1.71. The summed E-state index contributed by atoms with van der Waals surface area (Å²) in [6.45, 7) is 0.946. The molecule has 1 atom stereocenters. The Kier molecular flexibility index (Phi) is 3.74. The van der Waals surface area contributed by atoms with Crippen molar-refractivity contribution in [3.05, 3.63) is 29.6 Å². The highest BCUT2D eigenvalue weighted by atomic mass is 19.1. The zero-order valence-corrected chi connectivity index (χ0v) is 8.99. The summed E-state index contributed by atoms with van der Waals surface area (Å²) in [4.78, 5) is 0. The van der Waals surface area contributed by atoms with E-state index in [4.69, 9.17) is 14.6 Å². The molecular weight excluding hydrogens is 211 g/mol. The van der Waals surface area contributed by atoms with E-state index < -0.39 is 5.82 Å². The van der Waals surface area contributed by atoms with Crippen molar-refractivity contribution < 1.29 is 19.0 Å². The highest BCUT2D eigenvalue weighted by molar-refractivity contribution is 5.28. The van der Waals surface area contributed by atoms with Gasteiger partial charge in [0.1, 0.15) is 18.2 Å². The predicted molar refractivity (Wildman–Crippen MR) is 56.8 cm³/mol. The number of rotatable bonds is 4. The van der Waals surface area contributed by atoms with E-state index in [-0.39, 0.29) is 18.3 Å². The van der Waals surface area contributed by atoms with Crippen LogP contribution in [0.15, 0.2) is 18.2 Å². The van der Waals surface area contributed by atoms with E-state index >= 15 is 0 Å². The highest BCUT2D eigenvalue weighted by Gasteiger charge is 2.16. The van der Waals surface area contributed by atoms with E-state index in [9.17, 15) is 4.39 Å². The third kappa shape index (κ3) is 2.71. The van der Waals surface area contributed by atoms with Gasteiger partial charge in [-0.1, -0.05) is 6.07 Å². The first kappa shape index (κ1) is 11.4. The first-order valence-electron chi connectivity index (χ1n) is 5.43. The van der Waals surface area contributed by atoms with Crippen molar-refractivity contribution in [2.45, 2.75) is 25.6 Å². The summed E-state index contributed by atoms with van der Waals surface area (Å²) in [7, 11) is 0. The molecule has 1 saturated heterocycles. The number of hydrogen-bond donors (Lipinski definition) is 1. The molecule has 88 valence electrons. The molecule has 0 saturated carbocycles. The molecule has 0 radical (unpaired) electrons. The topological polar surface area (TPSA) is 38.7 Å². The summed E-state index contributed by atoms with van der Waals surface area (Å²) in [6, 6.07) is 4.48. The predicted octanol–water partition coefficient (Wildman–Crippen LogP) is 1.88. The second-order valence-corrected chi connectivity index (χ2v) is 3.86. The van der Waals surface area contributed by atoms with E-state index in [2.05, 4.69) is 0 Å². The van der Waals surface area contributed by atoms with Gasteiger partial charge in [0.15, 0.2) is 0 Å². The molecule has 1 aliphatic rings. The highest BCUT2D eigenvalue weighted by Crippen LogP contribution is 2.19. The molecule has 3 nitrogen and oxygen atoms in total. The zero-order chi connectivity index (χ0) is 11.4. The van der Waals surface area contributed by atoms with Crippen LogP contribution in [0.5, 0.6) is 5.75 Å². The van der Waals surface area contributed by atoms with E-state index in [1.54, 1.807) is 6.07 Å². The standard InChI is InChI=1S/C12H15FO3/c13-12-6-10(4-3-9(12)7-14)16-8-11-2-1-5-15-11/h3-4,6,11,14H,1-2,5,7-8H2/t11-/m1/s1. The van der Waals surface area contributed by atoms with Crippen LogP contribution in [0.3, 0.4) is 0 Å². The molecule has 0 aliphatic carbocycles. The molecule has 1 heterocycles. The SMILES string of the molecule is OCc1ccc(OC[C@H]2CCCO2)cc1F. The average Bonchev–Trinajstić information content (AvgIpc) is 2.79. The van der Waals surface area contributed by atoms with Crippen molar-refractivity contribution in [3.8, 4) is 5.75 Å². The van der Waals surface area contributed by atoms with Gasteiger partial charge in [0, 0.05) is 18.2 Å². The van der Waals surface area contributed by atoms with Gasteiger partial charge < -0.3 is 14.6 Å². The van der Waals surface area contributed by atoms with Crippen molar-refractivity contribution in [1.82, 2.24) is 0 Å². The lowest BCUT2D eigenvalue weighted by molar-refractivity contribution is 0.0678. The molecule has 16 heavy (non-hydrogen) atoms. The van der Waals surface area contributed by atoms with Crippen molar-refractivity contribution in [2.24, 2.45) is 0 Å². The van der Waals surface area contributed by atoms with E-state index in [0.29, 0.717) is 12.4 Å². The summed E-state index contributed by atoms with van der Waals surface area (Å²) >= 11 is 0. The van der Waals surface area contributed by atoms with E-state index in [1.165, 1.54) is 12.1 Å². The fourth-order valence-corrected chi connectivity index (χ4v) is 1.71. The van der Waals surface area contributed by atoms with Gasteiger partial charge in [-0.2, -0.15) is 0 Å². The summed E-state index contributed by atoms with van der Waals surface area (Å²) < 4.78 is 24.1. The molecule has 0 amide bonds. The van der Waals surface area contributed by atoms with Crippen LogP contribution in [0.4, 0.5) is 4.39 Å². The Labute approximate surface area is 93.8 Å². The number of benzene rings is 1. The Morgan fingerprint density at radius 1 is 1.50 bits per heavy atom. The van der Waals surface area contributed by atoms with Crippen LogP contribution in [0, 0.1) is 5.82 Å². The number of hydrogen-bond acceptors (Lipinski definition) is 3. The molecule has 0 spiro atoms. The van der Waals surface area contributed by atoms with Gasteiger partial charge in [0.05, 0.1) is 12.7 Å². The molecule has 1 fully saturated rings. The smallest absolute Gasteiger partial charge is 0.132 e. The van der Waals surface area contributed by atoms with Crippen LogP contribution in [0.2, 0.25) is 0 Å². The minimum absolute atomic E-state index is 0.126. The maximum Gasteiger partial charge on any atom is 0.132 e. The third-order valence-corrected chi connectivity index (χ3v) is 2.65. The number of aliphatic hydroxyl groups is 1. The maximum absolute atomic E-state index is 13.3. The molecule has 1 aromatic carbocycles. The summed E-state index contributed by atoms with van der Waals surface area (Å²) in [5.41, 5.74) is 0.282. The van der Waals surface area contributed by atoms with Gasteiger partial charge >= 0.3 is 0 Å². The van der Waals surface area contributed by atoms with Crippen molar-refractivity contribution in [3.63, 3.8) is 0 Å². The molecule has 1 N–H and O–H groups in total. The summed E-state index contributed by atoms with van der Waals surface area (Å²) in [6.07, 6.45) is 2.18. The van der Waals surface area contributed by atoms with Crippen LogP contribution in [0.1, 0.15) is 18.4 Å². The van der Waals surface area contributed by atoms with Crippen molar-refractivity contribution >= 4 is 0 Å². The van der Waals surface area contributed by atoms with Gasteiger partial charge in [-0.05, 0) is 18.9 Å². The Morgan fingerprint density at radius 3 is 3.00 bits per heavy atom. The number of aliphatic hydroxyl groups excluding tert-OH is 1. The molecular formula is C12H15FO3. The second kappa shape index (κ2) is 5.27. The van der Waals surface area contributed by atoms with Crippen LogP contribution in [-0.2, 0) is 11.3 Å². The van der Waals surface area contributed by atoms with Gasteiger partial charge in [-0.25, -0.2) is 4.39 Å². The lowest BCUT2D eigenvalue weighted by Gasteiger charge is -2.11. The van der Waals surface area contributed by atoms with Crippen LogP contribution in [0.25, 0.3) is 0 Å². The quantitative estimate of drug-likeness (QED) is 0.851. The molecule has 1 aliphatic heterocycles. The first-order chi connectivity index (χ1) is 7.79. The largest absolute Gasteiger partial charge is 0.491 e. The lowest BCUT2D eigenvalue weighted by atomic mass is 10.2. The van der Waals surface area contributed by atoms with Crippen molar-refractivity contribution in [1.29, 1.82) is 0 Å². The Morgan fingerprint density at radius 2 is 2.38 bits per heavy atom. The number of halogens is 1. The maximum atomic E-state index is 13.3. The monoisotopic (exact) mass is 226 g/mol. The molecule has 0 unspecified atom stereocenters. The minimum atomic E-state index is -0.438. The minimum Gasteiger partial charge on any atom is -0.491 e. The fraction of sp³-hybridized carbons (Fsp3) is 0.500. The van der Waals surface area contributed by atoms with Crippen LogP contribution in [-0.4, -0.2) is 24.4 Å². The van der Waals surface area contributed by atoms with E-state index in [1.807, 2.05) is 0 Å². The van der Waals surface area contributed by atoms with E-state index in [0.717, 1.165) is 19.4 Å². The third-order valence-electron chi connectivity index (χ3n) is 2.65. The molecule has 2 rings (SSSR count). The average molecular weight is 226 g/mol. The van der Waals surface area contributed by atoms with Crippen molar-refractivity contribution in [2.75, 3.05) is 13.2 Å². The Hall–Kier alpha value is -1.13. The second-order valence-electron chi connectivity index (χ2n) is 3.86. The molecule has 0 aromatic heterocycles. The van der Waals surface area contributed by atoms with Gasteiger partial charge in [-0.3, -0.25) is 0 Å². The molecule has 1 aromatic rings. The van der Waals surface area contributed by atoms with Gasteiger partial charge in [-0.15, -0.1) is 0 Å². The Bertz CT molecular complexity index is 348. The van der Waals surface area contributed by atoms with Gasteiger partial charge in [0.2, 0.25) is 0 Å². The molecule has 4 heteroatoms. The van der Waals surface area contributed by atoms with Crippen LogP contribution < -0.4 is 4.74 Å². The zero-order valence-electron chi connectivity index (χ0n) is 8.99. The normalized spacial score (nSPS) is 20.0. The number of ether oxygens (including phenoxy) is 2. The molecule has 0 bridgehead atoms. The van der Waals surface area contributed by atoms with Gasteiger partial charge in [0.25, 0.3) is 0 Å². The Balaban J connectivity index is 1.91. The van der Waals surface area contributed by atoms with Crippen LogP contribution >= 0.6 is 0 Å².